The number of nitrogens with one attached hydrogen (secondary N) is 1. The van der Waals surface area contributed by atoms with Crippen LogP contribution in [0.4, 0.5) is 0 Å². The van der Waals surface area contributed by atoms with Crippen LogP contribution in [0.2, 0.25) is 0 Å². The Kier molecular flexibility index (Phi) is 8.53. The second-order valence-electron chi connectivity index (χ2n) is 7.53. The molecule has 2 unspecified atom stereocenters. The van der Waals surface area contributed by atoms with Crippen LogP contribution in [-0.4, -0.2) is 27.9 Å². The Morgan fingerprint density at radius 2 is 2.07 bits per heavy atom. The lowest BCUT2D eigenvalue weighted by molar-refractivity contribution is 0.0928. The lowest BCUT2D eigenvalue weighted by Crippen LogP contribution is -2.39. The van der Waals surface area contributed by atoms with E-state index in [9.17, 15) is 4.79 Å². The molecule has 2 heterocycles. The lowest BCUT2D eigenvalue weighted by atomic mass is 10.0. The van der Waals surface area contributed by atoms with Gasteiger partial charge in [-0.05, 0) is 62.1 Å². The first-order chi connectivity index (χ1) is 13.6. The largest absolute Gasteiger partial charge is 0.487 e. The molecule has 2 aromatic heterocycles. The SMILES string of the molecule is Cc1ccc2nc(COc3cccc(C(=O)NC4CCCC4CN)c3)cn2c1.Cl.Cl. The zero-order valence-electron chi connectivity index (χ0n) is 16.9. The van der Waals surface area contributed by atoms with Crippen LogP contribution in [0.25, 0.3) is 5.65 Å². The lowest BCUT2D eigenvalue weighted by Gasteiger charge is -2.19. The van der Waals surface area contributed by atoms with Crippen LogP contribution in [-0.2, 0) is 6.61 Å². The minimum absolute atomic E-state index is 0. The molecule has 2 atom stereocenters. The normalized spacial score (nSPS) is 17.8. The predicted molar refractivity (Wildman–Crippen MR) is 123 cm³/mol. The van der Waals surface area contributed by atoms with Gasteiger partial charge in [-0.3, -0.25) is 4.79 Å². The van der Waals surface area contributed by atoms with Crippen molar-refractivity contribution in [1.29, 1.82) is 0 Å². The van der Waals surface area contributed by atoms with Crippen molar-refractivity contribution in [1.82, 2.24) is 14.7 Å². The van der Waals surface area contributed by atoms with E-state index >= 15 is 0 Å². The second-order valence-corrected chi connectivity index (χ2v) is 7.53. The Labute approximate surface area is 189 Å². The Morgan fingerprint density at radius 1 is 1.23 bits per heavy atom. The van der Waals surface area contributed by atoms with Gasteiger partial charge in [0.25, 0.3) is 5.91 Å². The van der Waals surface area contributed by atoms with Gasteiger partial charge in [-0.1, -0.05) is 18.6 Å². The number of benzene rings is 1. The average Bonchev–Trinajstić information content (AvgIpc) is 3.32. The molecule has 1 aliphatic carbocycles. The molecule has 1 aromatic carbocycles. The number of rotatable bonds is 6. The third-order valence-corrected chi connectivity index (χ3v) is 5.41. The maximum Gasteiger partial charge on any atom is 0.251 e. The number of nitrogens with two attached hydrogens (primary N) is 1. The standard InChI is InChI=1S/C22H26N4O2.2ClH/c1-15-8-9-21-24-18(13-26(21)12-15)14-28-19-6-2-4-16(10-19)22(27)25-20-7-3-5-17(20)11-23;;/h2,4,6,8-10,12-13,17,20H,3,5,7,11,14,23H2,1H3,(H,25,27);2*1H. The number of amides is 1. The highest BCUT2D eigenvalue weighted by atomic mass is 35.5. The highest BCUT2D eigenvalue weighted by Gasteiger charge is 2.27. The van der Waals surface area contributed by atoms with Gasteiger partial charge >= 0.3 is 0 Å². The molecule has 0 aliphatic heterocycles. The van der Waals surface area contributed by atoms with Crippen LogP contribution < -0.4 is 15.8 Å². The molecule has 0 radical (unpaired) electrons. The highest BCUT2D eigenvalue weighted by molar-refractivity contribution is 5.94. The predicted octanol–water partition coefficient (Wildman–Crippen LogP) is 3.92. The van der Waals surface area contributed by atoms with Crippen LogP contribution in [0.1, 0.15) is 40.9 Å². The van der Waals surface area contributed by atoms with E-state index < -0.39 is 0 Å². The zero-order chi connectivity index (χ0) is 19.5. The van der Waals surface area contributed by atoms with Crippen LogP contribution in [0.5, 0.6) is 5.75 Å². The van der Waals surface area contributed by atoms with Crippen LogP contribution in [0.15, 0.2) is 48.8 Å². The molecular formula is C22H28Cl2N4O2. The number of ether oxygens (including phenoxy) is 1. The van der Waals surface area contributed by atoms with Crippen LogP contribution in [0.3, 0.4) is 0 Å². The zero-order valence-corrected chi connectivity index (χ0v) is 18.5. The van der Waals surface area contributed by atoms with Crippen LogP contribution >= 0.6 is 24.8 Å². The second kappa shape index (κ2) is 10.7. The van der Waals surface area contributed by atoms with E-state index in [-0.39, 0.29) is 36.8 Å². The number of nitrogens with zero attached hydrogens (tertiary/aromatic N) is 2. The number of hydrogen-bond donors (Lipinski definition) is 2. The fourth-order valence-electron chi connectivity index (χ4n) is 3.87. The van der Waals surface area contributed by atoms with Crippen molar-refractivity contribution in [3.63, 3.8) is 0 Å². The molecule has 0 saturated heterocycles. The van der Waals surface area contributed by atoms with E-state index in [1.807, 2.05) is 54.0 Å². The van der Waals surface area contributed by atoms with Gasteiger partial charge in [0.2, 0.25) is 0 Å². The van der Waals surface area contributed by atoms with Crippen molar-refractivity contribution < 1.29 is 9.53 Å². The quantitative estimate of drug-likeness (QED) is 0.595. The Balaban J connectivity index is 0.00000160. The van der Waals surface area contributed by atoms with Gasteiger partial charge in [0.05, 0.1) is 5.69 Å². The van der Waals surface area contributed by atoms with E-state index in [1.165, 1.54) is 5.56 Å². The van der Waals surface area contributed by atoms with E-state index in [0.717, 1.165) is 30.6 Å². The Morgan fingerprint density at radius 3 is 2.87 bits per heavy atom. The molecule has 0 bridgehead atoms. The van der Waals surface area contributed by atoms with Crippen molar-refractivity contribution in [2.75, 3.05) is 6.54 Å². The van der Waals surface area contributed by atoms with E-state index in [2.05, 4.69) is 10.3 Å². The summed E-state index contributed by atoms with van der Waals surface area (Å²) in [6.07, 6.45) is 7.20. The first-order valence-electron chi connectivity index (χ1n) is 9.80. The van der Waals surface area contributed by atoms with Gasteiger partial charge in [0.1, 0.15) is 18.0 Å². The van der Waals surface area contributed by atoms with Gasteiger partial charge in [0.15, 0.2) is 0 Å². The van der Waals surface area contributed by atoms with Crippen molar-refractivity contribution in [3.05, 3.63) is 65.6 Å². The molecule has 0 spiro atoms. The number of pyridine rings is 1. The number of hydrogen-bond acceptors (Lipinski definition) is 4. The first kappa shape index (κ1) is 24.0. The number of aryl methyl sites for hydroxylation is 1. The van der Waals surface area contributed by atoms with Gasteiger partial charge < -0.3 is 20.2 Å². The number of halogens is 2. The Bertz CT molecular complexity index is 992. The summed E-state index contributed by atoms with van der Waals surface area (Å²) in [6, 6.07) is 11.5. The molecule has 1 amide bonds. The topological polar surface area (TPSA) is 81.6 Å². The van der Waals surface area contributed by atoms with Crippen molar-refractivity contribution in [3.8, 4) is 5.75 Å². The Hall–Kier alpha value is -2.28. The summed E-state index contributed by atoms with van der Waals surface area (Å²) in [7, 11) is 0. The summed E-state index contributed by atoms with van der Waals surface area (Å²) in [5, 5.41) is 3.13. The number of fused-ring (bicyclic) bond motifs is 1. The van der Waals surface area contributed by atoms with Crippen molar-refractivity contribution in [2.24, 2.45) is 11.7 Å². The summed E-state index contributed by atoms with van der Waals surface area (Å²) in [5.74, 6) is 0.962. The molecule has 30 heavy (non-hydrogen) atoms. The first-order valence-corrected chi connectivity index (χ1v) is 9.80. The molecule has 1 fully saturated rings. The van der Waals surface area contributed by atoms with E-state index in [1.54, 1.807) is 6.07 Å². The van der Waals surface area contributed by atoms with Gasteiger partial charge in [0, 0.05) is 24.0 Å². The fraction of sp³-hybridized carbons (Fsp3) is 0.364. The molecule has 162 valence electrons. The van der Waals surface area contributed by atoms with Crippen LogP contribution in [0, 0.1) is 12.8 Å². The summed E-state index contributed by atoms with van der Waals surface area (Å²) in [5.41, 5.74) is 9.33. The minimum Gasteiger partial charge on any atom is -0.487 e. The summed E-state index contributed by atoms with van der Waals surface area (Å²) in [4.78, 5) is 17.2. The van der Waals surface area contributed by atoms with E-state index in [4.69, 9.17) is 10.5 Å². The monoisotopic (exact) mass is 450 g/mol. The third-order valence-electron chi connectivity index (χ3n) is 5.41. The average molecular weight is 451 g/mol. The maximum absolute atomic E-state index is 12.6. The van der Waals surface area contributed by atoms with Gasteiger partial charge in [-0.2, -0.15) is 0 Å². The number of carbonyl (C=O) groups is 1. The third kappa shape index (κ3) is 5.45. The fourth-order valence-corrected chi connectivity index (χ4v) is 3.87. The molecule has 3 N–H and O–H groups in total. The maximum atomic E-state index is 12.6. The molecule has 1 saturated carbocycles. The van der Waals surface area contributed by atoms with Gasteiger partial charge in [-0.15, -0.1) is 24.8 Å². The molecular weight excluding hydrogens is 423 g/mol. The van der Waals surface area contributed by atoms with Crippen molar-refractivity contribution in [2.45, 2.75) is 38.8 Å². The summed E-state index contributed by atoms with van der Waals surface area (Å²) in [6.45, 7) is 3.02. The van der Waals surface area contributed by atoms with Crippen molar-refractivity contribution >= 4 is 36.4 Å². The molecule has 3 aromatic rings. The smallest absolute Gasteiger partial charge is 0.251 e. The summed E-state index contributed by atoms with van der Waals surface area (Å²) < 4.78 is 7.87. The summed E-state index contributed by atoms with van der Waals surface area (Å²) >= 11 is 0. The number of imidazole rings is 1. The minimum atomic E-state index is -0.0704. The highest BCUT2D eigenvalue weighted by Crippen LogP contribution is 2.25. The molecule has 4 rings (SSSR count). The molecule has 8 heteroatoms. The molecule has 6 nitrogen and oxygen atoms in total. The molecule has 1 aliphatic rings. The van der Waals surface area contributed by atoms with E-state index in [0.29, 0.717) is 30.4 Å². The van der Waals surface area contributed by atoms with Gasteiger partial charge in [-0.25, -0.2) is 4.98 Å². The number of carbonyl (C=O) groups excluding carboxylic acids is 1. The number of aromatic nitrogens is 2.